The topological polar surface area (TPSA) is 103 Å². The molecule has 2 heterocycles. The number of ether oxygens (including phenoxy) is 2. The first kappa shape index (κ1) is 22.1. The van der Waals surface area contributed by atoms with Crippen molar-refractivity contribution in [2.24, 2.45) is 0 Å². The quantitative estimate of drug-likeness (QED) is 0.622. The lowest BCUT2D eigenvalue weighted by molar-refractivity contribution is -0.117. The number of methoxy groups -OCH3 is 2. The van der Waals surface area contributed by atoms with Gasteiger partial charge in [-0.3, -0.25) is 14.4 Å². The number of carbonyl (C=O) groups excluding carboxylic acids is 2. The first-order chi connectivity index (χ1) is 15.9. The first-order valence-corrected chi connectivity index (χ1v) is 10.4. The van der Waals surface area contributed by atoms with Crippen LogP contribution in [0.15, 0.2) is 59.4 Å². The molecule has 0 saturated heterocycles. The van der Waals surface area contributed by atoms with Crippen molar-refractivity contribution in [2.45, 2.75) is 25.9 Å². The molecule has 0 saturated carbocycles. The molecule has 0 spiro atoms. The van der Waals surface area contributed by atoms with E-state index in [2.05, 4.69) is 10.4 Å². The van der Waals surface area contributed by atoms with Gasteiger partial charge in [0.25, 0.3) is 11.5 Å². The summed E-state index contributed by atoms with van der Waals surface area (Å²) in [5, 5.41) is 6.88. The number of nitrogens with zero attached hydrogens (tertiary/aromatic N) is 3. The fourth-order valence-corrected chi connectivity index (χ4v) is 3.91. The lowest BCUT2D eigenvalue weighted by Gasteiger charge is -2.22. The summed E-state index contributed by atoms with van der Waals surface area (Å²) in [5.74, 6) is 0.154. The molecule has 0 aliphatic carbocycles. The van der Waals surface area contributed by atoms with Crippen molar-refractivity contribution in [1.82, 2.24) is 9.78 Å². The van der Waals surface area contributed by atoms with Gasteiger partial charge >= 0.3 is 0 Å². The average Bonchev–Trinajstić information content (AvgIpc) is 3.15. The van der Waals surface area contributed by atoms with Crippen molar-refractivity contribution in [3.05, 3.63) is 76.2 Å². The van der Waals surface area contributed by atoms with Crippen LogP contribution in [0.3, 0.4) is 0 Å². The Hall–Kier alpha value is -4.14. The maximum Gasteiger partial charge on any atom is 0.278 e. The number of nitrogens with one attached hydrogen (secondary N) is 1. The molecular formula is C24H24N4O5. The van der Waals surface area contributed by atoms with Crippen molar-refractivity contribution in [2.75, 3.05) is 24.4 Å². The van der Waals surface area contributed by atoms with Crippen molar-refractivity contribution in [3.63, 3.8) is 0 Å². The Morgan fingerprint density at radius 1 is 1.09 bits per heavy atom. The van der Waals surface area contributed by atoms with Gasteiger partial charge in [0.15, 0.2) is 0 Å². The Morgan fingerprint density at radius 3 is 2.64 bits per heavy atom. The molecule has 33 heavy (non-hydrogen) atoms. The monoisotopic (exact) mass is 448 g/mol. The third-order valence-electron chi connectivity index (χ3n) is 5.49. The average molecular weight is 448 g/mol. The van der Waals surface area contributed by atoms with Gasteiger partial charge < -0.3 is 19.7 Å². The number of carbonyl (C=O) groups is 2. The van der Waals surface area contributed by atoms with Crippen LogP contribution in [0, 0.1) is 0 Å². The van der Waals surface area contributed by atoms with E-state index in [0.29, 0.717) is 17.2 Å². The number of aromatic nitrogens is 2. The number of benzene rings is 2. The summed E-state index contributed by atoms with van der Waals surface area (Å²) in [6.07, 6.45) is 0.742. The van der Waals surface area contributed by atoms with Gasteiger partial charge in [0.2, 0.25) is 5.91 Å². The molecule has 1 unspecified atom stereocenters. The zero-order valence-corrected chi connectivity index (χ0v) is 18.6. The normalized spacial score (nSPS) is 14.5. The molecule has 0 fully saturated rings. The van der Waals surface area contributed by atoms with Gasteiger partial charge in [-0.1, -0.05) is 18.2 Å². The van der Waals surface area contributed by atoms with Gasteiger partial charge in [0.1, 0.15) is 23.7 Å². The summed E-state index contributed by atoms with van der Waals surface area (Å²) in [4.78, 5) is 39.9. The number of fused-ring (bicyclic) bond motifs is 1. The minimum atomic E-state index is -0.499. The summed E-state index contributed by atoms with van der Waals surface area (Å²) >= 11 is 0. The van der Waals surface area contributed by atoms with E-state index in [-0.39, 0.29) is 24.2 Å². The van der Waals surface area contributed by atoms with Crippen molar-refractivity contribution < 1.29 is 19.1 Å². The van der Waals surface area contributed by atoms with Gasteiger partial charge in [0.05, 0.1) is 19.9 Å². The molecular weight excluding hydrogens is 424 g/mol. The first-order valence-electron chi connectivity index (χ1n) is 10.4. The molecule has 1 aliphatic rings. The van der Waals surface area contributed by atoms with Crippen LogP contribution < -0.4 is 25.2 Å². The van der Waals surface area contributed by atoms with E-state index in [1.165, 1.54) is 26.4 Å². The van der Waals surface area contributed by atoms with Gasteiger partial charge in [-0.05, 0) is 43.2 Å². The molecule has 4 rings (SSSR count). The fraction of sp³-hybridized carbons (Fsp3) is 0.250. The zero-order chi connectivity index (χ0) is 23.5. The molecule has 2 aromatic carbocycles. The van der Waals surface area contributed by atoms with E-state index < -0.39 is 11.5 Å². The van der Waals surface area contributed by atoms with Gasteiger partial charge in [-0.15, -0.1) is 0 Å². The molecule has 1 aliphatic heterocycles. The lowest BCUT2D eigenvalue weighted by Crippen LogP contribution is -2.38. The number of anilines is 2. The van der Waals surface area contributed by atoms with E-state index in [0.717, 1.165) is 22.4 Å². The predicted octanol–water partition coefficient (Wildman–Crippen LogP) is 2.49. The third kappa shape index (κ3) is 4.43. The Balaban J connectivity index is 1.55. The number of amides is 2. The standard InChI is InChI=1S/C24H24N4O5/c1-15-12-16-6-4-5-7-20(16)28(15)24(31)18-9-11-23(30)27(26-18)14-22(29)25-19-13-17(32-2)8-10-21(19)33-3/h4-11,13,15H,12,14H2,1-3H3,(H,25,29). The minimum Gasteiger partial charge on any atom is -0.497 e. The highest BCUT2D eigenvalue weighted by atomic mass is 16.5. The molecule has 1 aromatic heterocycles. The molecule has 9 heteroatoms. The Morgan fingerprint density at radius 2 is 1.88 bits per heavy atom. The molecule has 0 radical (unpaired) electrons. The smallest absolute Gasteiger partial charge is 0.278 e. The largest absolute Gasteiger partial charge is 0.497 e. The van der Waals surface area contributed by atoms with Crippen molar-refractivity contribution >= 4 is 23.2 Å². The van der Waals surface area contributed by atoms with Crippen LogP contribution >= 0.6 is 0 Å². The van der Waals surface area contributed by atoms with Crippen LogP contribution in [0.25, 0.3) is 0 Å². The highest BCUT2D eigenvalue weighted by Crippen LogP contribution is 2.32. The fourth-order valence-electron chi connectivity index (χ4n) is 3.91. The Bertz CT molecular complexity index is 1270. The maximum absolute atomic E-state index is 13.2. The van der Waals surface area contributed by atoms with E-state index in [1.807, 2.05) is 31.2 Å². The second-order valence-corrected chi connectivity index (χ2v) is 7.69. The van der Waals surface area contributed by atoms with Crippen LogP contribution in [-0.2, 0) is 17.8 Å². The Labute approximate surface area is 190 Å². The van der Waals surface area contributed by atoms with Gasteiger partial charge in [0, 0.05) is 23.9 Å². The van der Waals surface area contributed by atoms with E-state index in [9.17, 15) is 14.4 Å². The van der Waals surface area contributed by atoms with Crippen LogP contribution in [0.2, 0.25) is 0 Å². The highest BCUT2D eigenvalue weighted by molar-refractivity contribution is 6.06. The molecule has 1 N–H and O–H groups in total. The highest BCUT2D eigenvalue weighted by Gasteiger charge is 2.32. The summed E-state index contributed by atoms with van der Waals surface area (Å²) in [6, 6.07) is 15.3. The molecule has 9 nitrogen and oxygen atoms in total. The summed E-state index contributed by atoms with van der Waals surface area (Å²) in [6.45, 7) is 1.59. The van der Waals surface area contributed by atoms with Crippen LogP contribution in [0.4, 0.5) is 11.4 Å². The molecule has 0 bridgehead atoms. The SMILES string of the molecule is COc1ccc(OC)c(NC(=O)Cn2nc(C(=O)N3c4ccccc4CC3C)ccc2=O)c1. The van der Waals surface area contributed by atoms with E-state index in [1.54, 1.807) is 23.1 Å². The van der Waals surface area contributed by atoms with Crippen LogP contribution in [-0.4, -0.2) is 41.9 Å². The predicted molar refractivity (Wildman–Crippen MR) is 123 cm³/mol. The van der Waals surface area contributed by atoms with Gasteiger partial charge in [-0.25, -0.2) is 4.68 Å². The lowest BCUT2D eigenvalue weighted by atomic mass is 10.1. The van der Waals surface area contributed by atoms with E-state index in [4.69, 9.17) is 9.47 Å². The summed E-state index contributed by atoms with van der Waals surface area (Å²) in [7, 11) is 3.00. The van der Waals surface area contributed by atoms with Crippen LogP contribution in [0.1, 0.15) is 23.0 Å². The number of para-hydroxylation sites is 1. The van der Waals surface area contributed by atoms with Gasteiger partial charge in [-0.2, -0.15) is 5.10 Å². The number of hydrogen-bond donors (Lipinski definition) is 1. The summed E-state index contributed by atoms with van der Waals surface area (Å²) in [5.41, 5.74) is 1.90. The molecule has 170 valence electrons. The summed E-state index contributed by atoms with van der Waals surface area (Å²) < 4.78 is 11.4. The Kier molecular flexibility index (Phi) is 6.12. The van der Waals surface area contributed by atoms with E-state index >= 15 is 0 Å². The maximum atomic E-state index is 13.2. The molecule has 3 aromatic rings. The second-order valence-electron chi connectivity index (χ2n) is 7.69. The number of hydrogen-bond acceptors (Lipinski definition) is 6. The van der Waals surface area contributed by atoms with Crippen molar-refractivity contribution in [1.29, 1.82) is 0 Å². The second kappa shape index (κ2) is 9.15. The molecule has 1 atom stereocenters. The number of rotatable bonds is 6. The zero-order valence-electron chi connectivity index (χ0n) is 18.6. The third-order valence-corrected chi connectivity index (χ3v) is 5.49. The van der Waals surface area contributed by atoms with Crippen molar-refractivity contribution in [3.8, 4) is 11.5 Å². The van der Waals surface area contributed by atoms with Crippen LogP contribution in [0.5, 0.6) is 11.5 Å². The minimum absolute atomic E-state index is 0.0408. The molecule has 2 amide bonds.